The Labute approximate surface area is 138 Å². The molecule has 0 unspecified atom stereocenters. The zero-order valence-electron chi connectivity index (χ0n) is 14.3. The van der Waals surface area contributed by atoms with Crippen LogP contribution in [0.4, 0.5) is 0 Å². The van der Waals surface area contributed by atoms with Crippen molar-refractivity contribution >= 4 is 11.9 Å². The molecule has 0 saturated heterocycles. The average molecular weight is 321 g/mol. The van der Waals surface area contributed by atoms with Crippen LogP contribution in [0, 0.1) is 5.92 Å². The molecule has 5 heteroatoms. The first kappa shape index (κ1) is 19.0. The van der Waals surface area contributed by atoms with E-state index in [0.717, 1.165) is 5.75 Å². The maximum Gasteiger partial charge on any atom is 0.307 e. The summed E-state index contributed by atoms with van der Waals surface area (Å²) in [4.78, 5) is 25.5. The molecule has 5 nitrogen and oxygen atoms in total. The number of carbonyl (C=O) groups excluding carboxylic acids is 2. The lowest BCUT2D eigenvalue weighted by Gasteiger charge is -2.24. The molecule has 0 aromatic heterocycles. The molecule has 0 radical (unpaired) electrons. The van der Waals surface area contributed by atoms with E-state index in [1.807, 2.05) is 44.2 Å². The van der Waals surface area contributed by atoms with Crippen LogP contribution in [0.15, 0.2) is 30.3 Å². The molecule has 0 saturated carbocycles. The zero-order valence-corrected chi connectivity index (χ0v) is 14.3. The van der Waals surface area contributed by atoms with Gasteiger partial charge in [0.2, 0.25) is 5.91 Å². The highest BCUT2D eigenvalue weighted by atomic mass is 16.5. The summed E-state index contributed by atoms with van der Waals surface area (Å²) in [6, 6.07) is 9.41. The highest BCUT2D eigenvalue weighted by Crippen LogP contribution is 2.09. The van der Waals surface area contributed by atoms with Gasteiger partial charge >= 0.3 is 5.97 Å². The van der Waals surface area contributed by atoms with Gasteiger partial charge < -0.3 is 14.4 Å². The molecule has 0 atom stereocenters. The first-order chi connectivity index (χ1) is 11.0. The van der Waals surface area contributed by atoms with Gasteiger partial charge in [0, 0.05) is 13.1 Å². The number of amides is 1. The van der Waals surface area contributed by atoms with Crippen LogP contribution in [-0.4, -0.2) is 43.1 Å². The first-order valence-corrected chi connectivity index (χ1v) is 8.14. The molecule has 128 valence electrons. The van der Waals surface area contributed by atoms with Crippen LogP contribution in [0.5, 0.6) is 5.75 Å². The molecule has 23 heavy (non-hydrogen) atoms. The Morgan fingerprint density at radius 2 is 1.83 bits per heavy atom. The third-order valence-electron chi connectivity index (χ3n) is 3.16. The van der Waals surface area contributed by atoms with Crippen molar-refractivity contribution in [3.63, 3.8) is 0 Å². The normalized spacial score (nSPS) is 10.4. The van der Waals surface area contributed by atoms with Crippen molar-refractivity contribution in [2.45, 2.75) is 33.6 Å². The fraction of sp³-hybridized carbons (Fsp3) is 0.556. The van der Waals surface area contributed by atoms with Gasteiger partial charge in [0.1, 0.15) is 5.75 Å². The number of carbonyl (C=O) groups is 2. The third kappa shape index (κ3) is 8.24. The average Bonchev–Trinajstić information content (AvgIpc) is 2.52. The summed E-state index contributed by atoms with van der Waals surface area (Å²) in [6.07, 6.45) is 0.524. The van der Waals surface area contributed by atoms with Gasteiger partial charge in [0.25, 0.3) is 0 Å². The Balaban J connectivity index is 2.42. The molecule has 0 fully saturated rings. The largest absolute Gasteiger partial charge is 0.493 e. The van der Waals surface area contributed by atoms with Gasteiger partial charge in [-0.25, -0.2) is 0 Å². The van der Waals surface area contributed by atoms with E-state index < -0.39 is 0 Å². The van der Waals surface area contributed by atoms with Gasteiger partial charge in [-0.05, 0) is 25.0 Å². The summed E-state index contributed by atoms with van der Waals surface area (Å²) in [5.41, 5.74) is 0. The predicted molar refractivity (Wildman–Crippen MR) is 89.2 cm³/mol. The van der Waals surface area contributed by atoms with E-state index in [9.17, 15) is 9.59 Å². The highest BCUT2D eigenvalue weighted by molar-refractivity contribution is 5.77. The molecule has 1 rings (SSSR count). The highest BCUT2D eigenvalue weighted by Gasteiger charge is 2.16. The van der Waals surface area contributed by atoms with E-state index in [0.29, 0.717) is 38.6 Å². The zero-order chi connectivity index (χ0) is 17.1. The second-order valence-corrected chi connectivity index (χ2v) is 5.70. The van der Waals surface area contributed by atoms with Crippen LogP contribution in [0.1, 0.15) is 33.6 Å². The van der Waals surface area contributed by atoms with Gasteiger partial charge in [-0.1, -0.05) is 32.0 Å². The van der Waals surface area contributed by atoms with E-state index in [1.54, 1.807) is 11.8 Å². The Hall–Kier alpha value is -2.04. The molecule has 1 amide bonds. The molecule has 0 heterocycles. The minimum Gasteiger partial charge on any atom is -0.493 e. The van der Waals surface area contributed by atoms with Gasteiger partial charge in [0.05, 0.1) is 26.1 Å². The van der Waals surface area contributed by atoms with Crippen molar-refractivity contribution in [2.75, 3.05) is 26.3 Å². The molecule has 1 aromatic carbocycles. The van der Waals surface area contributed by atoms with Crippen molar-refractivity contribution in [1.29, 1.82) is 0 Å². The Morgan fingerprint density at radius 3 is 2.43 bits per heavy atom. The topological polar surface area (TPSA) is 55.8 Å². The summed E-state index contributed by atoms with van der Waals surface area (Å²) < 4.78 is 10.5. The summed E-state index contributed by atoms with van der Waals surface area (Å²) in [5, 5.41) is 0. The van der Waals surface area contributed by atoms with E-state index in [-0.39, 0.29) is 18.3 Å². The second kappa shape index (κ2) is 10.6. The van der Waals surface area contributed by atoms with Crippen LogP contribution in [0.3, 0.4) is 0 Å². The lowest BCUT2D eigenvalue weighted by Crippen LogP contribution is -2.36. The maximum atomic E-state index is 12.3. The summed E-state index contributed by atoms with van der Waals surface area (Å²) in [6.45, 7) is 7.58. The summed E-state index contributed by atoms with van der Waals surface area (Å²) in [7, 11) is 0. The van der Waals surface area contributed by atoms with Crippen LogP contribution in [0.2, 0.25) is 0 Å². The number of hydrogen-bond acceptors (Lipinski definition) is 4. The summed E-state index contributed by atoms with van der Waals surface area (Å²) in [5.74, 6) is 0.826. The fourth-order valence-electron chi connectivity index (χ4n) is 2.15. The number of para-hydroxylation sites is 1. The predicted octanol–water partition coefficient (Wildman–Crippen LogP) is 2.89. The molecule has 0 N–H and O–H groups in total. The number of esters is 1. The molecule has 0 spiro atoms. The van der Waals surface area contributed by atoms with Gasteiger partial charge in [0.15, 0.2) is 0 Å². The van der Waals surface area contributed by atoms with Crippen LogP contribution in [-0.2, 0) is 14.3 Å². The monoisotopic (exact) mass is 321 g/mol. The van der Waals surface area contributed by atoms with Crippen molar-refractivity contribution in [1.82, 2.24) is 4.90 Å². The minimum atomic E-state index is -0.269. The molecule has 0 bridgehead atoms. The Kier molecular flexibility index (Phi) is 8.80. The van der Waals surface area contributed by atoms with Gasteiger partial charge in [-0.2, -0.15) is 0 Å². The van der Waals surface area contributed by atoms with E-state index >= 15 is 0 Å². The van der Waals surface area contributed by atoms with Gasteiger partial charge in [-0.3, -0.25) is 9.59 Å². The SMILES string of the molecule is CCOC(=O)CCN(CC(C)C)C(=O)CCOc1ccccc1. The van der Waals surface area contributed by atoms with E-state index in [4.69, 9.17) is 9.47 Å². The second-order valence-electron chi connectivity index (χ2n) is 5.70. The quantitative estimate of drug-likeness (QED) is 0.622. The van der Waals surface area contributed by atoms with Crippen LogP contribution in [0.25, 0.3) is 0 Å². The standard InChI is InChI=1S/C18H27NO4/c1-4-22-18(21)10-12-19(14-15(2)3)17(20)11-13-23-16-8-6-5-7-9-16/h5-9,15H,4,10-14H2,1-3H3. The van der Waals surface area contributed by atoms with Crippen molar-refractivity contribution in [3.8, 4) is 5.75 Å². The van der Waals surface area contributed by atoms with Gasteiger partial charge in [-0.15, -0.1) is 0 Å². The van der Waals surface area contributed by atoms with Crippen LogP contribution >= 0.6 is 0 Å². The number of ether oxygens (including phenoxy) is 2. The lowest BCUT2D eigenvalue weighted by atomic mass is 10.2. The molecule has 0 aliphatic heterocycles. The summed E-state index contributed by atoms with van der Waals surface area (Å²) >= 11 is 0. The van der Waals surface area contributed by atoms with Crippen LogP contribution < -0.4 is 4.74 Å². The maximum absolute atomic E-state index is 12.3. The number of benzene rings is 1. The number of rotatable bonds is 10. The van der Waals surface area contributed by atoms with Crippen molar-refractivity contribution < 1.29 is 19.1 Å². The smallest absolute Gasteiger partial charge is 0.307 e. The van der Waals surface area contributed by atoms with Crippen molar-refractivity contribution in [2.24, 2.45) is 5.92 Å². The molecule has 0 aliphatic carbocycles. The fourth-order valence-corrected chi connectivity index (χ4v) is 2.15. The number of nitrogens with zero attached hydrogens (tertiary/aromatic N) is 1. The molecular formula is C18H27NO4. The van der Waals surface area contributed by atoms with E-state index in [2.05, 4.69) is 0 Å². The number of hydrogen-bond donors (Lipinski definition) is 0. The molecule has 1 aromatic rings. The Morgan fingerprint density at radius 1 is 1.13 bits per heavy atom. The third-order valence-corrected chi connectivity index (χ3v) is 3.16. The Bertz CT molecular complexity index is 473. The van der Waals surface area contributed by atoms with E-state index in [1.165, 1.54) is 0 Å². The first-order valence-electron chi connectivity index (χ1n) is 8.14. The molecular weight excluding hydrogens is 294 g/mol. The minimum absolute atomic E-state index is 0.000991. The van der Waals surface area contributed by atoms with Crippen molar-refractivity contribution in [3.05, 3.63) is 30.3 Å². The molecule has 0 aliphatic rings. The lowest BCUT2D eigenvalue weighted by molar-refractivity contribution is -0.144.